The molecule has 79 heavy (non-hydrogen) atoms. The van der Waals surface area contributed by atoms with Gasteiger partial charge in [0.15, 0.2) is 31.3 Å². The molecule has 5 unspecified atom stereocenters. The van der Waals surface area contributed by atoms with E-state index < -0.39 is 218 Å². The molecule has 31 atom stereocenters. The van der Waals surface area contributed by atoms with E-state index in [0.29, 0.717) is 32.1 Å². The highest BCUT2D eigenvalue weighted by molar-refractivity contribution is 5.73. The fourth-order valence-electron chi connectivity index (χ4n) is 16.4. The van der Waals surface area contributed by atoms with Gasteiger partial charge >= 0.3 is 5.97 Å². The van der Waals surface area contributed by atoms with Crippen LogP contribution in [0.3, 0.4) is 0 Å². The zero-order valence-electron chi connectivity index (χ0n) is 45.2. The molecule has 5 aliphatic carbocycles. The summed E-state index contributed by atoms with van der Waals surface area (Å²) < 4.78 is 48.1. The number of carboxylic acids is 1. The van der Waals surface area contributed by atoms with Crippen molar-refractivity contribution in [3.05, 3.63) is 11.6 Å². The van der Waals surface area contributed by atoms with E-state index in [1.165, 1.54) is 0 Å². The van der Waals surface area contributed by atoms with E-state index in [1.807, 2.05) is 13.8 Å². The lowest BCUT2D eigenvalue weighted by Crippen LogP contribution is -2.72. The highest BCUT2D eigenvalue weighted by atomic mass is 16.8. The SMILES string of the molecule is CC1(C)C[C@H]2C3=CC[C@@H]4[C@@]5(C)CC[C@H](O[C@@H]6O[C@H](C(=O)O)[C@@H](O)[C@H](O[C@@H]7OC[C@H](O)[C@H](O)[C@H]7OC7OC(CO)C(O)C(O)C7O)[C@H]6O[C@@H]6O[C@H](CO)[C@H](O)[C@H](O)[C@H]6O)[C@@](C)(C=O)[C@@H]5CC[C@@]4(C)[C@]3(C)C[C@@H](O)[C@@]2(CO)[C@@H](O)[C@@H]1O. The molecule has 0 spiro atoms. The molecule has 8 fully saturated rings. The van der Waals surface area contributed by atoms with Gasteiger partial charge in [-0.05, 0) is 84.4 Å². The smallest absolute Gasteiger partial charge is 0.335 e. The number of aliphatic hydroxyl groups is 15. The van der Waals surface area contributed by atoms with E-state index in [4.69, 9.17) is 37.9 Å². The molecule has 9 aliphatic rings. The van der Waals surface area contributed by atoms with Crippen molar-refractivity contribution < 1.29 is 129 Å². The molecule has 0 aromatic rings. The normalized spacial score (nSPS) is 55.5. The largest absolute Gasteiger partial charge is 0.479 e. The van der Waals surface area contributed by atoms with Crippen molar-refractivity contribution in [2.24, 2.45) is 50.2 Å². The quantitative estimate of drug-likeness (QED) is 0.0468. The molecular weight excluding hydrogens is 1050 g/mol. The molecule has 4 heterocycles. The molecule has 0 bridgehead atoms. The van der Waals surface area contributed by atoms with Crippen molar-refractivity contribution >= 4 is 12.3 Å². The van der Waals surface area contributed by atoms with Crippen molar-refractivity contribution in [3.63, 3.8) is 0 Å². The maximum atomic E-state index is 14.0. The minimum absolute atomic E-state index is 0.117. The highest BCUT2D eigenvalue weighted by Gasteiger charge is 2.73. The molecule has 26 heteroatoms. The number of carbonyl (C=O) groups is 2. The Morgan fingerprint density at radius 3 is 1.77 bits per heavy atom. The van der Waals surface area contributed by atoms with Gasteiger partial charge < -0.3 is 124 Å². The van der Waals surface area contributed by atoms with Gasteiger partial charge in [-0.1, -0.05) is 53.2 Å². The fraction of sp³-hybridized carbons (Fsp3) is 0.925. The number of ether oxygens (including phenoxy) is 8. The fourth-order valence-corrected chi connectivity index (χ4v) is 16.4. The number of carboxylic acid groups (broad SMARTS) is 1. The maximum Gasteiger partial charge on any atom is 0.335 e. The van der Waals surface area contributed by atoms with Crippen molar-refractivity contribution in [3.8, 4) is 0 Å². The van der Waals surface area contributed by atoms with Gasteiger partial charge in [0.1, 0.15) is 91.7 Å². The van der Waals surface area contributed by atoms with Crippen molar-refractivity contribution in [1.82, 2.24) is 0 Å². The lowest BCUT2D eigenvalue weighted by atomic mass is 9.33. The first kappa shape index (κ1) is 61.5. The lowest BCUT2D eigenvalue weighted by Gasteiger charge is -2.72. The van der Waals surface area contributed by atoms with Crippen LogP contribution in [0.1, 0.15) is 86.5 Å². The monoisotopic (exact) mass is 1140 g/mol. The van der Waals surface area contributed by atoms with E-state index in [1.54, 1.807) is 6.92 Å². The summed E-state index contributed by atoms with van der Waals surface area (Å²) in [6.07, 6.45) is -36.5. The van der Waals surface area contributed by atoms with E-state index >= 15 is 0 Å². The number of aliphatic hydroxyl groups excluding tert-OH is 15. The topological polar surface area (TPSA) is 432 Å². The standard InChI is InChI=1S/C53H84O26/c1-48(2)13-21-20-7-8-26-49(3)11-10-28(50(4,18-56)25(49)9-12-51(26,5)52(20,6)14-27(59)53(21,19-57)42(69)41(48)68)75-47-40(79-45-35(66)33(64)31(62)24(16-55)74-45)37(36(67)38(77-47)43(70)71)76-46-39(29(60)22(58)17-72-46)78-44-34(65)32(63)30(61)23(15-54)73-44/h7,18,21-42,44-47,54-55,57-69H,8-17,19H2,1-6H3,(H,70,71)/t21-,22-,23?,24+,25+,26+,27+,28-,29-,30?,31-,32?,33-,34?,35+,36-,37-,38-,39+,40+,41-,42-,44?,45-,46-,47+,49-,50-,51+,52+,53-/m0/s1. The first-order valence-corrected chi connectivity index (χ1v) is 27.6. The molecule has 26 nitrogen and oxygen atoms in total. The predicted octanol–water partition coefficient (Wildman–Crippen LogP) is -4.74. The third-order valence-electron chi connectivity index (χ3n) is 21.4. The van der Waals surface area contributed by atoms with E-state index in [-0.39, 0.29) is 18.8 Å². The minimum atomic E-state index is -2.30. The first-order chi connectivity index (χ1) is 37.0. The van der Waals surface area contributed by atoms with E-state index in [2.05, 4.69) is 26.8 Å². The minimum Gasteiger partial charge on any atom is -0.479 e. The molecule has 0 aromatic heterocycles. The Bertz CT molecular complexity index is 2220. The molecule has 452 valence electrons. The van der Waals surface area contributed by atoms with Crippen LogP contribution >= 0.6 is 0 Å². The van der Waals surface area contributed by atoms with Gasteiger partial charge in [0, 0.05) is 0 Å². The van der Waals surface area contributed by atoms with Crippen molar-refractivity contribution in [2.45, 2.75) is 228 Å². The van der Waals surface area contributed by atoms with Crippen LogP contribution in [-0.2, 0) is 47.5 Å². The van der Waals surface area contributed by atoms with Crippen molar-refractivity contribution in [1.29, 1.82) is 0 Å². The van der Waals surface area contributed by atoms with Crippen molar-refractivity contribution in [2.75, 3.05) is 26.4 Å². The van der Waals surface area contributed by atoms with Gasteiger partial charge in [0.05, 0.1) is 61.7 Å². The summed E-state index contributed by atoms with van der Waals surface area (Å²) in [6, 6.07) is 0. The third-order valence-corrected chi connectivity index (χ3v) is 21.4. The number of fused-ring (bicyclic) bond motifs is 7. The Balaban J connectivity index is 1.05. The van der Waals surface area contributed by atoms with Crippen LogP contribution in [0.4, 0.5) is 0 Å². The van der Waals surface area contributed by atoms with Crippen LogP contribution in [0.15, 0.2) is 11.6 Å². The number of hydrogen-bond donors (Lipinski definition) is 16. The first-order valence-electron chi connectivity index (χ1n) is 27.6. The second-order valence-corrected chi connectivity index (χ2v) is 25.8. The van der Waals surface area contributed by atoms with Gasteiger partial charge in [-0.2, -0.15) is 0 Å². The molecular formula is C53H84O26. The average Bonchev–Trinajstić information content (AvgIpc) is 3.59. The summed E-state index contributed by atoms with van der Waals surface area (Å²) in [5.74, 6) is -2.78. The zero-order valence-corrected chi connectivity index (χ0v) is 45.2. The molecule has 9 rings (SSSR count). The molecule has 4 aliphatic heterocycles. The Morgan fingerprint density at radius 1 is 0.633 bits per heavy atom. The van der Waals surface area contributed by atoms with Crippen LogP contribution in [0.2, 0.25) is 0 Å². The van der Waals surface area contributed by atoms with Crippen LogP contribution in [-0.4, -0.2) is 262 Å². The third kappa shape index (κ3) is 9.52. The second-order valence-electron chi connectivity index (χ2n) is 25.8. The van der Waals surface area contributed by atoms with E-state index in [9.17, 15) is 91.3 Å². The number of rotatable bonds is 13. The summed E-state index contributed by atoms with van der Waals surface area (Å²) >= 11 is 0. The summed E-state index contributed by atoms with van der Waals surface area (Å²) in [4.78, 5) is 27.1. The number of hydrogen-bond acceptors (Lipinski definition) is 25. The summed E-state index contributed by atoms with van der Waals surface area (Å²) in [5, 5.41) is 175. The summed E-state index contributed by atoms with van der Waals surface area (Å²) in [7, 11) is 0. The van der Waals surface area contributed by atoms with Crippen LogP contribution in [0.25, 0.3) is 0 Å². The number of carbonyl (C=O) groups excluding carboxylic acids is 1. The Morgan fingerprint density at radius 2 is 1.22 bits per heavy atom. The molecule has 4 saturated carbocycles. The van der Waals surface area contributed by atoms with Crippen LogP contribution in [0.5, 0.6) is 0 Å². The highest BCUT2D eigenvalue weighted by Crippen LogP contribution is 2.76. The van der Waals surface area contributed by atoms with Gasteiger partial charge in [-0.15, -0.1) is 0 Å². The van der Waals surface area contributed by atoms with Gasteiger partial charge in [0.25, 0.3) is 0 Å². The van der Waals surface area contributed by atoms with Crippen LogP contribution in [0, 0.1) is 50.2 Å². The lowest BCUT2D eigenvalue weighted by molar-refractivity contribution is -0.400. The molecule has 16 N–H and O–H groups in total. The molecule has 0 radical (unpaired) electrons. The average molecular weight is 1140 g/mol. The summed E-state index contributed by atoms with van der Waals surface area (Å²) in [6.45, 7) is 8.89. The maximum absolute atomic E-state index is 14.0. The molecule has 0 amide bonds. The number of allylic oxidation sites excluding steroid dienone is 2. The Labute approximate surface area is 456 Å². The molecule has 0 aromatic carbocycles. The predicted molar refractivity (Wildman–Crippen MR) is 262 cm³/mol. The Kier molecular flexibility index (Phi) is 17.2. The number of aliphatic carboxylic acids is 1. The van der Waals surface area contributed by atoms with Gasteiger partial charge in [0.2, 0.25) is 0 Å². The second kappa shape index (κ2) is 22.1. The van der Waals surface area contributed by atoms with E-state index in [0.717, 1.165) is 11.9 Å². The van der Waals surface area contributed by atoms with Crippen LogP contribution < -0.4 is 0 Å². The molecule has 4 saturated heterocycles. The summed E-state index contributed by atoms with van der Waals surface area (Å²) in [5.41, 5.74) is -4.35. The zero-order chi connectivity index (χ0) is 58.0. The Hall–Kier alpha value is -2.04. The van der Waals surface area contributed by atoms with Gasteiger partial charge in [-0.25, -0.2) is 4.79 Å². The number of aldehydes is 1. The van der Waals surface area contributed by atoms with Gasteiger partial charge in [-0.3, -0.25) is 0 Å².